The van der Waals surface area contributed by atoms with Gasteiger partial charge >= 0.3 is 0 Å². The van der Waals surface area contributed by atoms with E-state index in [0.29, 0.717) is 31.5 Å². The number of hydrogen-bond acceptors (Lipinski definition) is 8. The van der Waals surface area contributed by atoms with Crippen molar-refractivity contribution < 1.29 is 14.6 Å². The van der Waals surface area contributed by atoms with Crippen molar-refractivity contribution in [2.45, 2.75) is 26.0 Å². The highest BCUT2D eigenvalue weighted by atomic mass is 16.5. The van der Waals surface area contributed by atoms with Crippen molar-refractivity contribution in [2.24, 2.45) is 0 Å². The van der Waals surface area contributed by atoms with E-state index in [2.05, 4.69) is 37.4 Å². The lowest BCUT2D eigenvalue weighted by Gasteiger charge is -2.28. The third-order valence-corrected chi connectivity index (χ3v) is 5.87. The molecule has 1 aliphatic rings. The molecule has 1 fully saturated rings. The Kier molecular flexibility index (Phi) is 6.27. The van der Waals surface area contributed by atoms with E-state index in [-0.39, 0.29) is 0 Å². The van der Waals surface area contributed by atoms with Gasteiger partial charge in [-0.15, -0.1) is 0 Å². The smallest absolute Gasteiger partial charge is 0.239 e. The van der Waals surface area contributed by atoms with E-state index in [9.17, 15) is 5.11 Å². The maximum Gasteiger partial charge on any atom is 0.239 e. The van der Waals surface area contributed by atoms with Crippen molar-refractivity contribution in [1.82, 2.24) is 19.7 Å². The first kappa shape index (κ1) is 23.1. The number of rotatable bonds is 7. The number of methoxy groups -OCH3 is 1. The second kappa shape index (κ2) is 9.52. The van der Waals surface area contributed by atoms with Crippen molar-refractivity contribution in [3.63, 3.8) is 0 Å². The van der Waals surface area contributed by atoms with Crippen molar-refractivity contribution in [3.05, 3.63) is 55.0 Å². The molecule has 0 saturated carbocycles. The van der Waals surface area contributed by atoms with Gasteiger partial charge in [-0.1, -0.05) is 12.1 Å². The lowest BCUT2D eigenvalue weighted by molar-refractivity contribution is 0.0577. The van der Waals surface area contributed by atoms with E-state index in [4.69, 9.17) is 9.47 Å². The Morgan fingerprint density at radius 1 is 1.06 bits per heavy atom. The molecule has 0 unspecified atom stereocenters. The number of hydrogen-bond donors (Lipinski definition) is 2. The van der Waals surface area contributed by atoms with Crippen LogP contribution in [-0.2, 0) is 11.3 Å². The molecular weight excluding hydrogens is 444 g/mol. The Hall–Kier alpha value is -3.69. The summed E-state index contributed by atoms with van der Waals surface area (Å²) in [5.41, 5.74) is 1.97. The number of morpholine rings is 1. The van der Waals surface area contributed by atoms with E-state index in [1.165, 1.54) is 0 Å². The van der Waals surface area contributed by atoms with Gasteiger partial charge in [0.15, 0.2) is 0 Å². The van der Waals surface area contributed by atoms with Crippen LogP contribution in [0.2, 0.25) is 0 Å². The van der Waals surface area contributed by atoms with Gasteiger partial charge < -0.3 is 24.8 Å². The fourth-order valence-electron chi connectivity index (χ4n) is 4.17. The summed E-state index contributed by atoms with van der Waals surface area (Å²) in [6.07, 6.45) is 5.62. The van der Waals surface area contributed by atoms with E-state index in [1.807, 2.05) is 42.9 Å². The van der Waals surface area contributed by atoms with Crippen LogP contribution < -0.4 is 15.0 Å². The lowest BCUT2D eigenvalue weighted by atomic mass is 10.0. The third kappa shape index (κ3) is 5.36. The fourth-order valence-corrected chi connectivity index (χ4v) is 4.17. The quantitative estimate of drug-likeness (QED) is 0.417. The van der Waals surface area contributed by atoms with E-state index in [0.717, 1.165) is 46.5 Å². The summed E-state index contributed by atoms with van der Waals surface area (Å²) in [5.74, 6) is 2.09. The highest BCUT2D eigenvalue weighted by Gasteiger charge is 2.16. The SMILES string of the molecule is COc1nc(N2CCOCC2)ccc1Nc1cc2cc(-c3cnn(CC(C)(C)O)c3)ccc2cn1. The van der Waals surface area contributed by atoms with Crippen LogP contribution in [0.25, 0.3) is 21.9 Å². The molecule has 0 aliphatic carbocycles. The normalized spacial score (nSPS) is 14.3. The molecule has 0 amide bonds. The van der Waals surface area contributed by atoms with Gasteiger partial charge in [0.05, 0.1) is 38.7 Å². The summed E-state index contributed by atoms with van der Waals surface area (Å²) < 4.78 is 12.8. The zero-order chi connectivity index (χ0) is 24.4. The van der Waals surface area contributed by atoms with Gasteiger partial charge in [-0.25, -0.2) is 4.98 Å². The van der Waals surface area contributed by atoms with Gasteiger partial charge in [0.1, 0.15) is 17.3 Å². The molecule has 1 aliphatic heterocycles. The molecular formula is C26H30N6O3. The summed E-state index contributed by atoms with van der Waals surface area (Å²) in [7, 11) is 1.62. The summed E-state index contributed by atoms with van der Waals surface area (Å²) in [6.45, 7) is 7.00. The monoisotopic (exact) mass is 474 g/mol. The average molecular weight is 475 g/mol. The largest absolute Gasteiger partial charge is 0.479 e. The second-order valence-corrected chi connectivity index (χ2v) is 9.32. The van der Waals surface area contributed by atoms with Gasteiger partial charge in [-0.05, 0) is 49.1 Å². The molecule has 0 radical (unpaired) electrons. The van der Waals surface area contributed by atoms with Crippen LogP contribution in [0.5, 0.6) is 5.88 Å². The van der Waals surface area contributed by atoms with Crippen LogP contribution in [0, 0.1) is 0 Å². The molecule has 4 aromatic rings. The molecule has 182 valence electrons. The fraction of sp³-hybridized carbons (Fsp3) is 0.346. The second-order valence-electron chi connectivity index (χ2n) is 9.32. The average Bonchev–Trinajstić information content (AvgIpc) is 3.31. The highest BCUT2D eigenvalue weighted by Crippen LogP contribution is 2.30. The minimum Gasteiger partial charge on any atom is -0.479 e. The molecule has 2 N–H and O–H groups in total. The lowest BCUT2D eigenvalue weighted by Crippen LogP contribution is -2.36. The molecule has 1 saturated heterocycles. The summed E-state index contributed by atoms with van der Waals surface area (Å²) in [4.78, 5) is 11.4. The number of ether oxygens (including phenoxy) is 2. The molecule has 1 aromatic carbocycles. The topological polar surface area (TPSA) is 97.6 Å². The first-order valence-electron chi connectivity index (χ1n) is 11.7. The Bertz CT molecular complexity index is 1320. The van der Waals surface area contributed by atoms with Crippen LogP contribution in [-0.4, -0.2) is 63.9 Å². The molecule has 4 heterocycles. The maximum atomic E-state index is 10.1. The van der Waals surface area contributed by atoms with Crippen LogP contribution in [0.15, 0.2) is 55.0 Å². The number of nitrogens with zero attached hydrogens (tertiary/aromatic N) is 5. The minimum absolute atomic E-state index is 0.429. The maximum absolute atomic E-state index is 10.1. The van der Waals surface area contributed by atoms with Gasteiger partial charge in [0.25, 0.3) is 0 Å². The van der Waals surface area contributed by atoms with Crippen molar-refractivity contribution in [1.29, 1.82) is 0 Å². The Morgan fingerprint density at radius 2 is 1.89 bits per heavy atom. The number of nitrogens with one attached hydrogen (secondary N) is 1. The molecule has 5 rings (SSSR count). The molecule has 0 spiro atoms. The van der Waals surface area contributed by atoms with Gasteiger partial charge in [-0.2, -0.15) is 10.1 Å². The molecule has 3 aromatic heterocycles. The van der Waals surface area contributed by atoms with Crippen LogP contribution >= 0.6 is 0 Å². The number of aliphatic hydroxyl groups is 1. The van der Waals surface area contributed by atoms with Crippen LogP contribution in [0.3, 0.4) is 0 Å². The standard InChI is InChI=1S/C26H30N6O3/c1-26(2,33)17-32-16-21(15-28-32)18-4-5-19-14-27-23(13-20(19)12-18)29-22-6-7-24(30-25(22)34-3)31-8-10-35-11-9-31/h4-7,12-16,33H,8-11,17H2,1-3H3,(H,27,29). The number of anilines is 3. The van der Waals surface area contributed by atoms with Crippen LogP contribution in [0.4, 0.5) is 17.3 Å². The van der Waals surface area contributed by atoms with E-state index in [1.54, 1.807) is 25.6 Å². The summed E-state index contributed by atoms with van der Waals surface area (Å²) in [5, 5.41) is 19.9. The first-order chi connectivity index (χ1) is 16.9. The van der Waals surface area contributed by atoms with Crippen LogP contribution in [0.1, 0.15) is 13.8 Å². The number of pyridine rings is 2. The summed E-state index contributed by atoms with van der Waals surface area (Å²) >= 11 is 0. The molecule has 35 heavy (non-hydrogen) atoms. The van der Waals surface area contributed by atoms with Crippen molar-refractivity contribution in [2.75, 3.05) is 43.6 Å². The number of fused-ring (bicyclic) bond motifs is 1. The summed E-state index contributed by atoms with van der Waals surface area (Å²) in [6, 6.07) is 12.2. The molecule has 0 bridgehead atoms. The van der Waals surface area contributed by atoms with Crippen molar-refractivity contribution >= 4 is 28.1 Å². The zero-order valence-corrected chi connectivity index (χ0v) is 20.2. The molecule has 9 nitrogen and oxygen atoms in total. The van der Waals surface area contributed by atoms with Gasteiger partial charge in [0, 0.05) is 36.4 Å². The predicted molar refractivity (Wildman–Crippen MR) is 136 cm³/mol. The molecule has 0 atom stereocenters. The van der Waals surface area contributed by atoms with E-state index >= 15 is 0 Å². The Balaban J connectivity index is 1.38. The van der Waals surface area contributed by atoms with Gasteiger partial charge in [-0.3, -0.25) is 4.68 Å². The predicted octanol–water partition coefficient (Wildman–Crippen LogP) is 3.85. The van der Waals surface area contributed by atoms with Gasteiger partial charge in [0.2, 0.25) is 5.88 Å². The Labute approximate surface area is 204 Å². The highest BCUT2D eigenvalue weighted by molar-refractivity contribution is 5.89. The van der Waals surface area contributed by atoms with Crippen molar-refractivity contribution in [3.8, 4) is 17.0 Å². The third-order valence-electron chi connectivity index (χ3n) is 5.87. The molecule has 9 heteroatoms. The van der Waals surface area contributed by atoms with E-state index < -0.39 is 5.60 Å². The Morgan fingerprint density at radius 3 is 2.66 bits per heavy atom. The minimum atomic E-state index is -0.824. The first-order valence-corrected chi connectivity index (χ1v) is 11.7. The number of aromatic nitrogens is 4. The number of benzene rings is 1. The zero-order valence-electron chi connectivity index (χ0n) is 20.2.